The van der Waals surface area contributed by atoms with Crippen molar-refractivity contribution >= 4 is 0 Å². The molecule has 0 aliphatic rings. The first kappa shape index (κ1) is 16.0. The Hall–Kier alpha value is -1.02. The monoisotopic (exact) mass is 264 g/mol. The van der Waals surface area contributed by atoms with E-state index in [2.05, 4.69) is 6.92 Å². The number of hydrogen-bond acceptors (Lipinski definition) is 2. The van der Waals surface area contributed by atoms with Gasteiger partial charge in [-0.2, -0.15) is 0 Å². The van der Waals surface area contributed by atoms with Gasteiger partial charge in [-0.15, -0.1) is 0 Å². The number of aliphatic hydroxyl groups excluding tert-OH is 1. The lowest BCUT2D eigenvalue weighted by Gasteiger charge is -2.13. The average Bonchev–Trinajstić information content (AvgIpc) is 2.42. The maximum absolute atomic E-state index is 10.2. The van der Waals surface area contributed by atoms with Crippen molar-refractivity contribution in [3.63, 3.8) is 0 Å². The Kier molecular flexibility index (Phi) is 7.57. The number of unbranched alkanes of at least 4 members (excludes halogenated alkanes) is 5. The van der Waals surface area contributed by atoms with Crippen molar-refractivity contribution < 1.29 is 9.84 Å². The molecule has 0 radical (unpaired) electrons. The highest BCUT2D eigenvalue weighted by Crippen LogP contribution is 2.25. The summed E-state index contributed by atoms with van der Waals surface area (Å²) >= 11 is 0. The van der Waals surface area contributed by atoms with Crippen LogP contribution >= 0.6 is 0 Å². The van der Waals surface area contributed by atoms with Gasteiger partial charge in [-0.3, -0.25) is 0 Å². The van der Waals surface area contributed by atoms with Crippen LogP contribution in [0.15, 0.2) is 18.2 Å². The highest BCUT2D eigenvalue weighted by atomic mass is 16.5. The van der Waals surface area contributed by atoms with Gasteiger partial charge in [0.25, 0.3) is 0 Å². The standard InChI is InChI=1S/C17H28O2/c1-4-5-6-7-8-9-10-16(18)15-11-12-17(19-3)14(2)13-15/h11-13,16,18H,4-10H2,1-3H3. The summed E-state index contributed by atoms with van der Waals surface area (Å²) in [4.78, 5) is 0. The van der Waals surface area contributed by atoms with E-state index in [0.717, 1.165) is 29.7 Å². The smallest absolute Gasteiger partial charge is 0.121 e. The van der Waals surface area contributed by atoms with Crippen LogP contribution in [0.25, 0.3) is 0 Å². The zero-order valence-electron chi connectivity index (χ0n) is 12.6. The summed E-state index contributed by atoms with van der Waals surface area (Å²) in [5, 5.41) is 10.2. The van der Waals surface area contributed by atoms with Gasteiger partial charge >= 0.3 is 0 Å². The molecule has 108 valence electrons. The number of hydrogen-bond donors (Lipinski definition) is 1. The molecule has 0 saturated carbocycles. The Morgan fingerprint density at radius 3 is 2.42 bits per heavy atom. The van der Waals surface area contributed by atoms with Gasteiger partial charge in [-0.05, 0) is 36.6 Å². The first-order valence-electron chi connectivity index (χ1n) is 7.51. The largest absolute Gasteiger partial charge is 0.496 e. The van der Waals surface area contributed by atoms with Gasteiger partial charge < -0.3 is 9.84 Å². The third-order valence-electron chi connectivity index (χ3n) is 3.63. The lowest BCUT2D eigenvalue weighted by Crippen LogP contribution is -1.99. The molecular formula is C17H28O2. The van der Waals surface area contributed by atoms with Crippen LogP contribution in [0.4, 0.5) is 0 Å². The first-order chi connectivity index (χ1) is 9.19. The van der Waals surface area contributed by atoms with Crippen molar-refractivity contribution in [3.05, 3.63) is 29.3 Å². The van der Waals surface area contributed by atoms with Gasteiger partial charge in [0.1, 0.15) is 5.75 Å². The fourth-order valence-corrected chi connectivity index (χ4v) is 2.39. The number of aliphatic hydroxyl groups is 1. The normalized spacial score (nSPS) is 12.4. The van der Waals surface area contributed by atoms with Gasteiger partial charge in [0.05, 0.1) is 13.2 Å². The summed E-state index contributed by atoms with van der Waals surface area (Å²) in [6.45, 7) is 4.25. The minimum absolute atomic E-state index is 0.337. The molecular weight excluding hydrogens is 236 g/mol. The Labute approximate surface area is 117 Å². The maximum atomic E-state index is 10.2. The van der Waals surface area contributed by atoms with Crippen molar-refractivity contribution in [1.29, 1.82) is 0 Å². The van der Waals surface area contributed by atoms with Crippen molar-refractivity contribution in [2.75, 3.05) is 7.11 Å². The Bertz CT molecular complexity index is 360. The van der Waals surface area contributed by atoms with Gasteiger partial charge in [0.15, 0.2) is 0 Å². The second-order valence-corrected chi connectivity index (χ2v) is 5.30. The van der Waals surface area contributed by atoms with Crippen molar-refractivity contribution in [2.24, 2.45) is 0 Å². The van der Waals surface area contributed by atoms with Crippen LogP contribution in [-0.2, 0) is 0 Å². The van der Waals surface area contributed by atoms with Crippen LogP contribution in [-0.4, -0.2) is 12.2 Å². The lowest BCUT2D eigenvalue weighted by atomic mass is 10.0. The van der Waals surface area contributed by atoms with Gasteiger partial charge in [-0.25, -0.2) is 0 Å². The molecule has 2 heteroatoms. The third kappa shape index (κ3) is 5.65. The van der Waals surface area contributed by atoms with Crippen molar-refractivity contribution in [2.45, 2.75) is 64.9 Å². The molecule has 1 rings (SSSR count). The average molecular weight is 264 g/mol. The van der Waals surface area contributed by atoms with Crippen LogP contribution in [0.3, 0.4) is 0 Å². The second kappa shape index (κ2) is 8.98. The first-order valence-corrected chi connectivity index (χ1v) is 7.51. The number of benzene rings is 1. The molecule has 1 unspecified atom stereocenters. The summed E-state index contributed by atoms with van der Waals surface area (Å²) in [7, 11) is 1.68. The topological polar surface area (TPSA) is 29.5 Å². The van der Waals surface area contributed by atoms with E-state index in [0.29, 0.717) is 0 Å². The molecule has 0 fully saturated rings. The molecule has 0 bridgehead atoms. The molecule has 0 spiro atoms. The Morgan fingerprint density at radius 2 is 1.79 bits per heavy atom. The molecule has 0 saturated heterocycles. The number of rotatable bonds is 9. The number of ether oxygens (including phenoxy) is 1. The minimum atomic E-state index is -0.337. The zero-order chi connectivity index (χ0) is 14.1. The molecule has 0 aliphatic carbocycles. The van der Waals surface area contributed by atoms with Crippen LogP contribution in [0.5, 0.6) is 5.75 Å². The van der Waals surface area contributed by atoms with E-state index in [4.69, 9.17) is 4.74 Å². The number of aryl methyl sites for hydroxylation is 1. The van der Waals surface area contributed by atoms with Gasteiger partial charge in [0, 0.05) is 0 Å². The summed E-state index contributed by atoms with van der Waals surface area (Å²) in [6.07, 6.45) is 8.10. The lowest BCUT2D eigenvalue weighted by molar-refractivity contribution is 0.163. The highest BCUT2D eigenvalue weighted by Gasteiger charge is 2.09. The number of methoxy groups -OCH3 is 1. The van der Waals surface area contributed by atoms with E-state index >= 15 is 0 Å². The van der Waals surface area contributed by atoms with Crippen LogP contribution in [0, 0.1) is 6.92 Å². The van der Waals surface area contributed by atoms with E-state index in [-0.39, 0.29) is 6.10 Å². The molecule has 0 heterocycles. The summed E-state index contributed by atoms with van der Waals surface area (Å²) in [6, 6.07) is 5.93. The fourth-order valence-electron chi connectivity index (χ4n) is 2.39. The molecule has 2 nitrogen and oxygen atoms in total. The predicted octanol–water partition coefficient (Wildman–Crippen LogP) is 4.79. The molecule has 1 aromatic rings. The fraction of sp³-hybridized carbons (Fsp3) is 0.647. The molecule has 0 amide bonds. The molecule has 0 aromatic heterocycles. The Balaban J connectivity index is 2.33. The van der Waals surface area contributed by atoms with E-state index in [1.165, 1.54) is 32.1 Å². The maximum Gasteiger partial charge on any atom is 0.121 e. The molecule has 0 aliphatic heterocycles. The SMILES string of the molecule is CCCCCCCCC(O)c1ccc(OC)c(C)c1. The predicted molar refractivity (Wildman–Crippen MR) is 80.7 cm³/mol. The highest BCUT2D eigenvalue weighted by molar-refractivity contribution is 5.36. The van der Waals surface area contributed by atoms with Crippen LogP contribution in [0.2, 0.25) is 0 Å². The summed E-state index contributed by atoms with van der Waals surface area (Å²) in [5.74, 6) is 0.885. The van der Waals surface area contributed by atoms with Gasteiger partial charge in [0.2, 0.25) is 0 Å². The summed E-state index contributed by atoms with van der Waals surface area (Å²) < 4.78 is 5.23. The van der Waals surface area contributed by atoms with E-state index in [1.54, 1.807) is 7.11 Å². The molecule has 1 aromatic carbocycles. The minimum Gasteiger partial charge on any atom is -0.496 e. The van der Waals surface area contributed by atoms with Gasteiger partial charge in [-0.1, -0.05) is 51.5 Å². The van der Waals surface area contributed by atoms with E-state index in [1.807, 2.05) is 25.1 Å². The second-order valence-electron chi connectivity index (χ2n) is 5.30. The van der Waals surface area contributed by atoms with E-state index in [9.17, 15) is 5.11 Å². The third-order valence-corrected chi connectivity index (χ3v) is 3.63. The van der Waals surface area contributed by atoms with Crippen molar-refractivity contribution in [3.8, 4) is 5.75 Å². The van der Waals surface area contributed by atoms with Crippen LogP contribution in [0.1, 0.15) is 69.1 Å². The molecule has 19 heavy (non-hydrogen) atoms. The molecule has 1 N–H and O–H groups in total. The Morgan fingerprint density at radius 1 is 1.11 bits per heavy atom. The van der Waals surface area contributed by atoms with E-state index < -0.39 is 0 Å². The zero-order valence-corrected chi connectivity index (χ0v) is 12.6. The summed E-state index contributed by atoms with van der Waals surface area (Å²) in [5.41, 5.74) is 2.09. The van der Waals surface area contributed by atoms with Crippen molar-refractivity contribution in [1.82, 2.24) is 0 Å². The van der Waals surface area contributed by atoms with Crippen LogP contribution < -0.4 is 4.74 Å². The quantitative estimate of drug-likeness (QED) is 0.650. The molecule has 1 atom stereocenters.